The zero-order valence-electron chi connectivity index (χ0n) is 15.4. The maximum Gasteiger partial charge on any atom is 0.251 e. The average Bonchev–Trinajstić information content (AvgIpc) is 3.54. The summed E-state index contributed by atoms with van der Waals surface area (Å²) < 4.78 is 32.0. The number of nitrogens with zero attached hydrogens (tertiary/aromatic N) is 1. The van der Waals surface area contributed by atoms with Crippen LogP contribution in [0.3, 0.4) is 0 Å². The number of sulfonamides is 1. The van der Waals surface area contributed by atoms with Gasteiger partial charge in [-0.3, -0.25) is 4.79 Å². The number of rotatable bonds is 10. The topological polar surface area (TPSA) is 97.4 Å². The summed E-state index contributed by atoms with van der Waals surface area (Å²) in [6.07, 6.45) is 5.58. The molecule has 0 atom stereocenters. The number of nitrogens with one attached hydrogen (secondary N) is 2. The minimum absolute atomic E-state index is 0.0943. The lowest BCUT2D eigenvalue weighted by molar-refractivity contribution is 0.0951. The molecule has 1 fully saturated rings. The Morgan fingerprint density at radius 3 is 2.57 bits per heavy atom. The third-order valence-electron chi connectivity index (χ3n) is 4.26. The van der Waals surface area contributed by atoms with E-state index in [1.165, 1.54) is 43.2 Å². The van der Waals surface area contributed by atoms with Crippen LogP contribution < -0.4 is 14.8 Å². The molecule has 0 aliphatic heterocycles. The molecule has 1 aromatic carbocycles. The third-order valence-corrected chi connectivity index (χ3v) is 5.70. The summed E-state index contributed by atoms with van der Waals surface area (Å²) in [5, 5.41) is 2.79. The highest BCUT2D eigenvalue weighted by Gasteiger charge is 2.22. The van der Waals surface area contributed by atoms with E-state index in [-0.39, 0.29) is 17.3 Å². The molecule has 0 spiro atoms. The van der Waals surface area contributed by atoms with Gasteiger partial charge in [0.1, 0.15) is 0 Å². The van der Waals surface area contributed by atoms with Crippen LogP contribution in [0.25, 0.3) is 0 Å². The van der Waals surface area contributed by atoms with Crippen molar-refractivity contribution in [3.05, 3.63) is 66.4 Å². The molecule has 2 aromatic rings. The van der Waals surface area contributed by atoms with Crippen molar-refractivity contribution in [2.24, 2.45) is 5.92 Å². The Kier molecular flexibility index (Phi) is 6.43. The van der Waals surface area contributed by atoms with Crippen LogP contribution in [0.1, 0.15) is 28.8 Å². The van der Waals surface area contributed by atoms with Crippen LogP contribution >= 0.6 is 0 Å². The number of ether oxygens (including phenoxy) is 1. The van der Waals surface area contributed by atoms with Crippen molar-refractivity contribution in [3.63, 3.8) is 0 Å². The smallest absolute Gasteiger partial charge is 0.251 e. The number of carbonyl (C=O) groups is 1. The highest BCUT2D eigenvalue weighted by molar-refractivity contribution is 7.89. The molecule has 3 rings (SSSR count). The minimum atomic E-state index is -3.60. The van der Waals surface area contributed by atoms with Gasteiger partial charge < -0.3 is 10.1 Å². The molecule has 0 radical (unpaired) electrons. The summed E-state index contributed by atoms with van der Waals surface area (Å²) in [7, 11) is -3.60. The Morgan fingerprint density at radius 2 is 1.96 bits per heavy atom. The van der Waals surface area contributed by atoms with Crippen molar-refractivity contribution in [1.29, 1.82) is 0 Å². The molecule has 8 heteroatoms. The lowest BCUT2D eigenvalue weighted by Crippen LogP contribution is -2.24. The molecular weight excluding hydrogens is 378 g/mol. The molecule has 1 aliphatic carbocycles. The normalized spacial score (nSPS) is 13.7. The highest BCUT2D eigenvalue weighted by Crippen LogP contribution is 2.29. The zero-order chi connectivity index (χ0) is 20.0. The van der Waals surface area contributed by atoms with Crippen molar-refractivity contribution >= 4 is 15.9 Å². The quantitative estimate of drug-likeness (QED) is 0.595. The molecule has 0 saturated heterocycles. The van der Waals surface area contributed by atoms with Crippen LogP contribution in [0, 0.1) is 5.92 Å². The number of hydrogen-bond donors (Lipinski definition) is 2. The van der Waals surface area contributed by atoms with Gasteiger partial charge in [-0.2, -0.15) is 0 Å². The van der Waals surface area contributed by atoms with Gasteiger partial charge in [0, 0.05) is 30.9 Å². The monoisotopic (exact) mass is 401 g/mol. The van der Waals surface area contributed by atoms with E-state index < -0.39 is 10.0 Å². The van der Waals surface area contributed by atoms with Gasteiger partial charge >= 0.3 is 0 Å². The number of pyridine rings is 1. The second-order valence-electron chi connectivity index (χ2n) is 6.61. The van der Waals surface area contributed by atoms with Crippen LogP contribution in [0.15, 0.2) is 60.1 Å². The molecular formula is C20H23N3O4S. The van der Waals surface area contributed by atoms with Gasteiger partial charge in [-0.05, 0) is 48.6 Å². The van der Waals surface area contributed by atoms with E-state index in [4.69, 9.17) is 4.74 Å². The maximum absolute atomic E-state index is 12.3. The summed E-state index contributed by atoms with van der Waals surface area (Å²) >= 11 is 0. The molecule has 1 saturated carbocycles. The zero-order valence-corrected chi connectivity index (χ0v) is 16.2. The molecule has 0 unspecified atom stereocenters. The third kappa shape index (κ3) is 5.64. The van der Waals surface area contributed by atoms with E-state index in [0.29, 0.717) is 30.5 Å². The van der Waals surface area contributed by atoms with Crippen LogP contribution in [0.2, 0.25) is 0 Å². The van der Waals surface area contributed by atoms with E-state index in [9.17, 15) is 13.2 Å². The SMILES string of the molecule is C=CCNS(=O)(=O)c1ccc(C(=O)NCc2ccc(OCC3CC3)nc2)cc1. The maximum atomic E-state index is 12.3. The predicted octanol–water partition coefficient (Wildman–Crippen LogP) is 2.26. The van der Waals surface area contributed by atoms with Crippen molar-refractivity contribution in [2.45, 2.75) is 24.3 Å². The summed E-state index contributed by atoms with van der Waals surface area (Å²) in [6.45, 7) is 4.64. The lowest BCUT2D eigenvalue weighted by Gasteiger charge is -2.08. The molecule has 28 heavy (non-hydrogen) atoms. The van der Waals surface area contributed by atoms with Crippen LogP contribution in [0.5, 0.6) is 5.88 Å². The predicted molar refractivity (Wildman–Crippen MR) is 105 cm³/mol. The summed E-state index contributed by atoms with van der Waals surface area (Å²) in [4.78, 5) is 16.6. The highest BCUT2D eigenvalue weighted by atomic mass is 32.2. The first-order chi connectivity index (χ1) is 13.5. The number of amides is 1. The first-order valence-corrected chi connectivity index (χ1v) is 10.5. The van der Waals surface area contributed by atoms with Crippen LogP contribution in [-0.2, 0) is 16.6 Å². The fourth-order valence-corrected chi connectivity index (χ4v) is 3.41. The van der Waals surface area contributed by atoms with Gasteiger partial charge in [0.25, 0.3) is 5.91 Å². The van der Waals surface area contributed by atoms with Gasteiger partial charge in [0.15, 0.2) is 0 Å². The van der Waals surface area contributed by atoms with Gasteiger partial charge in [0.05, 0.1) is 11.5 Å². The Labute approximate surface area is 164 Å². The van der Waals surface area contributed by atoms with E-state index >= 15 is 0 Å². The standard InChI is InChI=1S/C20H23N3O4S/c1-2-11-23-28(25,26)18-8-6-17(7-9-18)20(24)22-13-16-5-10-19(21-12-16)27-14-15-3-4-15/h2,5-10,12,15,23H,1,3-4,11,13-14H2,(H,22,24). The Hall–Kier alpha value is -2.71. The number of benzene rings is 1. The van der Waals surface area contributed by atoms with Gasteiger partial charge in [0.2, 0.25) is 15.9 Å². The van der Waals surface area contributed by atoms with E-state index in [1.54, 1.807) is 12.3 Å². The second-order valence-corrected chi connectivity index (χ2v) is 8.37. The molecule has 1 aromatic heterocycles. The Balaban J connectivity index is 1.52. The summed E-state index contributed by atoms with van der Waals surface area (Å²) in [5.74, 6) is 0.959. The van der Waals surface area contributed by atoms with Crippen LogP contribution in [0.4, 0.5) is 0 Å². The Bertz CT molecular complexity index is 921. The summed E-state index contributed by atoms with van der Waals surface area (Å²) in [5.41, 5.74) is 1.22. The van der Waals surface area contributed by atoms with E-state index in [2.05, 4.69) is 21.6 Å². The number of aromatic nitrogens is 1. The molecule has 2 N–H and O–H groups in total. The van der Waals surface area contributed by atoms with Crippen molar-refractivity contribution in [2.75, 3.05) is 13.2 Å². The fraction of sp³-hybridized carbons (Fsp3) is 0.300. The second kappa shape index (κ2) is 8.99. The van der Waals surface area contributed by atoms with Crippen molar-refractivity contribution in [3.8, 4) is 5.88 Å². The van der Waals surface area contributed by atoms with Crippen LogP contribution in [-0.4, -0.2) is 32.5 Å². The minimum Gasteiger partial charge on any atom is -0.477 e. The van der Waals surface area contributed by atoms with Gasteiger partial charge in [-0.25, -0.2) is 18.1 Å². The number of hydrogen-bond acceptors (Lipinski definition) is 5. The molecule has 0 bridgehead atoms. The molecule has 1 heterocycles. The molecule has 7 nitrogen and oxygen atoms in total. The summed E-state index contributed by atoms with van der Waals surface area (Å²) in [6, 6.07) is 9.40. The lowest BCUT2D eigenvalue weighted by atomic mass is 10.2. The average molecular weight is 401 g/mol. The molecule has 1 amide bonds. The van der Waals surface area contributed by atoms with E-state index in [0.717, 1.165) is 5.56 Å². The first kappa shape index (κ1) is 20.0. The number of carbonyl (C=O) groups excluding carboxylic acids is 1. The van der Waals surface area contributed by atoms with Gasteiger partial charge in [-0.15, -0.1) is 6.58 Å². The molecule has 148 valence electrons. The Morgan fingerprint density at radius 1 is 1.21 bits per heavy atom. The largest absolute Gasteiger partial charge is 0.477 e. The fourth-order valence-electron chi connectivity index (χ4n) is 2.41. The van der Waals surface area contributed by atoms with Crippen molar-refractivity contribution in [1.82, 2.24) is 15.0 Å². The molecule has 1 aliphatic rings. The first-order valence-electron chi connectivity index (χ1n) is 9.04. The van der Waals surface area contributed by atoms with Crippen molar-refractivity contribution < 1.29 is 17.9 Å². The van der Waals surface area contributed by atoms with Gasteiger partial charge in [-0.1, -0.05) is 12.1 Å². The van der Waals surface area contributed by atoms with E-state index in [1.807, 2.05) is 6.07 Å².